The summed E-state index contributed by atoms with van der Waals surface area (Å²) in [5, 5.41) is 0. The van der Waals surface area contributed by atoms with Crippen molar-refractivity contribution in [3.63, 3.8) is 0 Å². The molecule has 0 rings (SSSR count). The van der Waals surface area contributed by atoms with Crippen molar-refractivity contribution in [1.82, 2.24) is 0 Å². The van der Waals surface area contributed by atoms with Crippen molar-refractivity contribution in [3.8, 4) is 0 Å². The molecule has 0 N–H and O–H groups in total. The standard InChI is InChI=1S/C5H11FS/c1-5(6)3-4-7-2/h5H,3-4H2,1-2H3. The highest BCUT2D eigenvalue weighted by Crippen LogP contribution is 2.01. The molecule has 44 valence electrons. The molecule has 0 aromatic carbocycles. The molecular weight excluding hydrogens is 111 g/mol. The van der Waals surface area contributed by atoms with Gasteiger partial charge in [-0.3, -0.25) is 0 Å². The Bertz CT molecular complexity index is 37.1. The summed E-state index contributed by atoms with van der Waals surface area (Å²) in [7, 11) is 0. The van der Waals surface area contributed by atoms with E-state index in [2.05, 4.69) is 0 Å². The third-order valence-electron chi connectivity index (χ3n) is 0.720. The van der Waals surface area contributed by atoms with Crippen LogP contribution in [-0.2, 0) is 0 Å². The lowest BCUT2D eigenvalue weighted by atomic mass is 10.3. The van der Waals surface area contributed by atoms with Crippen LogP contribution in [0.2, 0.25) is 0 Å². The molecule has 0 nitrogen and oxygen atoms in total. The van der Waals surface area contributed by atoms with Crippen LogP contribution in [0.3, 0.4) is 0 Å². The SMILES string of the molecule is CSCCC(C)F. The third-order valence-corrected chi connectivity index (χ3v) is 1.36. The van der Waals surface area contributed by atoms with Crippen molar-refractivity contribution in [2.24, 2.45) is 0 Å². The van der Waals surface area contributed by atoms with Gasteiger partial charge in [-0.05, 0) is 25.4 Å². The summed E-state index contributed by atoms with van der Waals surface area (Å²) < 4.78 is 11.9. The van der Waals surface area contributed by atoms with Crippen LogP contribution in [0.1, 0.15) is 13.3 Å². The van der Waals surface area contributed by atoms with Crippen LogP contribution in [0.5, 0.6) is 0 Å². The summed E-state index contributed by atoms with van der Waals surface area (Å²) in [6.45, 7) is 1.59. The van der Waals surface area contributed by atoms with Gasteiger partial charge in [-0.25, -0.2) is 4.39 Å². The summed E-state index contributed by atoms with van der Waals surface area (Å²) in [4.78, 5) is 0. The van der Waals surface area contributed by atoms with E-state index in [-0.39, 0.29) is 0 Å². The number of hydrogen-bond acceptors (Lipinski definition) is 1. The molecule has 0 bridgehead atoms. The molecule has 0 saturated carbocycles. The third kappa shape index (κ3) is 6.28. The van der Waals surface area contributed by atoms with Crippen molar-refractivity contribution in [2.45, 2.75) is 19.5 Å². The molecule has 0 aliphatic rings. The summed E-state index contributed by atoms with van der Waals surface area (Å²) in [6.07, 6.45) is 2.07. The van der Waals surface area contributed by atoms with Gasteiger partial charge in [0.05, 0.1) is 6.17 Å². The van der Waals surface area contributed by atoms with E-state index < -0.39 is 6.17 Å². The Balaban J connectivity index is 2.68. The molecule has 0 amide bonds. The van der Waals surface area contributed by atoms with Crippen molar-refractivity contribution >= 4 is 11.8 Å². The van der Waals surface area contributed by atoms with E-state index >= 15 is 0 Å². The van der Waals surface area contributed by atoms with Gasteiger partial charge in [-0.1, -0.05) is 0 Å². The first-order valence-electron chi connectivity index (χ1n) is 2.40. The predicted molar refractivity (Wildman–Crippen MR) is 33.6 cm³/mol. The number of alkyl halides is 1. The smallest absolute Gasteiger partial charge is 0.0981 e. The Morgan fingerprint density at radius 3 is 2.43 bits per heavy atom. The molecule has 1 unspecified atom stereocenters. The maximum Gasteiger partial charge on any atom is 0.0981 e. The minimum absolute atomic E-state index is 0.618. The van der Waals surface area contributed by atoms with Crippen molar-refractivity contribution < 1.29 is 4.39 Å². The lowest BCUT2D eigenvalue weighted by Gasteiger charge is -1.95. The molecule has 0 aromatic heterocycles. The van der Waals surface area contributed by atoms with Gasteiger partial charge in [0.1, 0.15) is 0 Å². The fourth-order valence-electron chi connectivity index (χ4n) is 0.280. The Labute approximate surface area is 48.5 Å². The zero-order valence-corrected chi connectivity index (χ0v) is 5.59. The van der Waals surface area contributed by atoms with Crippen LogP contribution in [0.15, 0.2) is 0 Å². The maximum absolute atomic E-state index is 11.9. The van der Waals surface area contributed by atoms with Gasteiger partial charge in [0.15, 0.2) is 0 Å². The van der Waals surface area contributed by atoms with E-state index in [4.69, 9.17) is 0 Å². The van der Waals surface area contributed by atoms with Gasteiger partial charge in [0.25, 0.3) is 0 Å². The highest BCUT2D eigenvalue weighted by atomic mass is 32.2. The van der Waals surface area contributed by atoms with E-state index in [1.165, 1.54) is 0 Å². The molecule has 0 spiro atoms. The van der Waals surface area contributed by atoms with Crippen LogP contribution in [0, 0.1) is 0 Å². The van der Waals surface area contributed by atoms with Crippen LogP contribution < -0.4 is 0 Å². The predicted octanol–water partition coefficient (Wildman–Crippen LogP) is 2.10. The number of hydrogen-bond donors (Lipinski definition) is 0. The Hall–Kier alpha value is 0.280. The first-order chi connectivity index (χ1) is 3.27. The second kappa shape index (κ2) is 4.44. The first-order valence-corrected chi connectivity index (χ1v) is 3.79. The minimum Gasteiger partial charge on any atom is -0.248 e. The van der Waals surface area contributed by atoms with E-state index in [0.717, 1.165) is 5.75 Å². The number of rotatable bonds is 3. The van der Waals surface area contributed by atoms with Crippen LogP contribution in [0.25, 0.3) is 0 Å². The molecule has 0 aliphatic heterocycles. The summed E-state index contributed by atoms with van der Waals surface area (Å²) in [5.41, 5.74) is 0. The fraction of sp³-hybridized carbons (Fsp3) is 1.00. The normalized spacial score (nSPS) is 14.1. The Kier molecular flexibility index (Phi) is 4.62. The van der Waals surface area contributed by atoms with E-state index in [0.29, 0.717) is 6.42 Å². The van der Waals surface area contributed by atoms with Gasteiger partial charge in [-0.15, -0.1) is 0 Å². The molecule has 0 aliphatic carbocycles. The average Bonchev–Trinajstić information content (AvgIpc) is 1.61. The minimum atomic E-state index is -0.618. The van der Waals surface area contributed by atoms with Crippen molar-refractivity contribution in [2.75, 3.05) is 12.0 Å². The van der Waals surface area contributed by atoms with Gasteiger partial charge in [0, 0.05) is 0 Å². The van der Waals surface area contributed by atoms with E-state index in [1.807, 2.05) is 6.26 Å². The largest absolute Gasteiger partial charge is 0.248 e. The number of thioether (sulfide) groups is 1. The molecule has 0 aromatic rings. The molecule has 0 fully saturated rings. The van der Waals surface area contributed by atoms with Crippen LogP contribution in [-0.4, -0.2) is 18.2 Å². The van der Waals surface area contributed by atoms with E-state index in [1.54, 1.807) is 18.7 Å². The monoisotopic (exact) mass is 122 g/mol. The highest BCUT2D eigenvalue weighted by Gasteiger charge is 1.93. The fourth-order valence-corrected chi connectivity index (χ4v) is 0.841. The molecule has 0 heterocycles. The molecule has 0 saturated heterocycles. The van der Waals surface area contributed by atoms with Gasteiger partial charge in [-0.2, -0.15) is 11.8 Å². The second-order valence-electron chi connectivity index (χ2n) is 1.56. The molecule has 7 heavy (non-hydrogen) atoms. The number of halogens is 1. The zero-order chi connectivity index (χ0) is 5.70. The quantitative estimate of drug-likeness (QED) is 0.552. The summed E-state index contributed by atoms with van der Waals surface area (Å²) >= 11 is 1.69. The van der Waals surface area contributed by atoms with Gasteiger partial charge in [0.2, 0.25) is 0 Å². The van der Waals surface area contributed by atoms with E-state index in [9.17, 15) is 4.39 Å². The summed E-state index contributed by atoms with van der Waals surface area (Å²) in [5.74, 6) is 0.942. The molecular formula is C5H11FS. The lowest BCUT2D eigenvalue weighted by Crippen LogP contribution is -1.92. The Morgan fingerprint density at radius 2 is 2.29 bits per heavy atom. The van der Waals surface area contributed by atoms with Gasteiger partial charge < -0.3 is 0 Å². The van der Waals surface area contributed by atoms with Crippen molar-refractivity contribution in [1.29, 1.82) is 0 Å². The zero-order valence-electron chi connectivity index (χ0n) is 4.78. The summed E-state index contributed by atoms with van der Waals surface area (Å²) in [6, 6.07) is 0. The highest BCUT2D eigenvalue weighted by molar-refractivity contribution is 7.98. The Morgan fingerprint density at radius 1 is 1.71 bits per heavy atom. The van der Waals surface area contributed by atoms with Crippen LogP contribution >= 0.6 is 11.8 Å². The average molecular weight is 122 g/mol. The first kappa shape index (κ1) is 7.28. The maximum atomic E-state index is 11.9. The molecule has 2 heteroatoms. The second-order valence-corrected chi connectivity index (χ2v) is 2.55. The molecule has 0 radical (unpaired) electrons. The topological polar surface area (TPSA) is 0 Å². The lowest BCUT2D eigenvalue weighted by molar-refractivity contribution is 0.355. The molecule has 1 atom stereocenters. The van der Waals surface area contributed by atoms with Crippen LogP contribution in [0.4, 0.5) is 4.39 Å². The van der Waals surface area contributed by atoms with Gasteiger partial charge >= 0.3 is 0 Å². The van der Waals surface area contributed by atoms with Crippen molar-refractivity contribution in [3.05, 3.63) is 0 Å².